The van der Waals surface area contributed by atoms with Crippen molar-refractivity contribution in [1.29, 1.82) is 0 Å². The molecule has 2 rings (SSSR count). The Morgan fingerprint density at radius 3 is 3.10 bits per heavy atom. The van der Waals surface area contributed by atoms with E-state index < -0.39 is 0 Å². The minimum absolute atomic E-state index is 0.00799. The van der Waals surface area contributed by atoms with Crippen LogP contribution in [0.3, 0.4) is 0 Å². The van der Waals surface area contributed by atoms with Gasteiger partial charge in [-0.2, -0.15) is 0 Å². The number of rotatable bonds is 4. The van der Waals surface area contributed by atoms with Crippen LogP contribution >= 0.6 is 0 Å². The third kappa shape index (κ3) is 3.40. The second kappa shape index (κ2) is 6.58. The van der Waals surface area contributed by atoms with Gasteiger partial charge in [0.1, 0.15) is 11.3 Å². The smallest absolute Gasteiger partial charge is 0.257 e. The van der Waals surface area contributed by atoms with Crippen molar-refractivity contribution in [2.24, 2.45) is 0 Å². The molecule has 1 heterocycles. The van der Waals surface area contributed by atoms with Crippen molar-refractivity contribution in [2.45, 2.75) is 6.10 Å². The van der Waals surface area contributed by atoms with Crippen LogP contribution in [0.5, 0.6) is 5.75 Å². The van der Waals surface area contributed by atoms with Crippen LogP contribution in [0.25, 0.3) is 0 Å². The molecule has 6 heteroatoms. The average molecular weight is 279 g/mol. The van der Waals surface area contributed by atoms with Crippen LogP contribution in [0.4, 0.5) is 5.69 Å². The Balaban J connectivity index is 1.98. The molecule has 1 aliphatic rings. The zero-order valence-corrected chi connectivity index (χ0v) is 11.9. The first kappa shape index (κ1) is 14.6. The lowest BCUT2D eigenvalue weighted by molar-refractivity contribution is -0.0175. The van der Waals surface area contributed by atoms with E-state index >= 15 is 0 Å². The fourth-order valence-corrected chi connectivity index (χ4v) is 2.25. The van der Waals surface area contributed by atoms with E-state index in [2.05, 4.69) is 10.2 Å². The lowest BCUT2D eigenvalue weighted by Gasteiger charge is -2.30. The van der Waals surface area contributed by atoms with Crippen molar-refractivity contribution < 1.29 is 14.3 Å². The minimum atomic E-state index is -0.239. The number of carbonyl (C=O) groups is 1. The number of nitrogen functional groups attached to an aromatic ring is 1. The molecule has 20 heavy (non-hydrogen) atoms. The van der Waals surface area contributed by atoms with E-state index in [1.54, 1.807) is 18.2 Å². The van der Waals surface area contributed by atoms with E-state index in [1.807, 2.05) is 7.05 Å². The fourth-order valence-electron chi connectivity index (χ4n) is 2.25. The first-order chi connectivity index (χ1) is 9.61. The van der Waals surface area contributed by atoms with Gasteiger partial charge in [0, 0.05) is 25.3 Å². The van der Waals surface area contributed by atoms with Gasteiger partial charge in [-0.15, -0.1) is 0 Å². The lowest BCUT2D eigenvalue weighted by Crippen LogP contribution is -2.46. The summed E-state index contributed by atoms with van der Waals surface area (Å²) in [4.78, 5) is 14.4. The molecule has 1 saturated heterocycles. The Morgan fingerprint density at radius 2 is 2.40 bits per heavy atom. The number of benzene rings is 1. The largest absolute Gasteiger partial charge is 0.496 e. The predicted octanol–water partition coefficient (Wildman–Crippen LogP) is 0.338. The second-order valence-electron chi connectivity index (χ2n) is 4.89. The SMILES string of the molecule is COc1cccc(N)c1C(=O)NCC1CN(C)CCO1. The number of carbonyl (C=O) groups excluding carboxylic acids is 1. The van der Waals surface area contributed by atoms with Crippen LogP contribution in [0.2, 0.25) is 0 Å². The highest BCUT2D eigenvalue weighted by atomic mass is 16.5. The van der Waals surface area contributed by atoms with Gasteiger partial charge in [0.25, 0.3) is 5.91 Å². The van der Waals surface area contributed by atoms with E-state index in [9.17, 15) is 4.79 Å². The highest BCUT2D eigenvalue weighted by Crippen LogP contribution is 2.23. The molecule has 110 valence electrons. The topological polar surface area (TPSA) is 76.8 Å². The number of nitrogens with one attached hydrogen (secondary N) is 1. The molecule has 0 spiro atoms. The number of nitrogens with zero attached hydrogens (tertiary/aromatic N) is 1. The third-order valence-corrected chi connectivity index (χ3v) is 3.34. The molecule has 0 saturated carbocycles. The van der Waals surface area contributed by atoms with Crippen LogP contribution in [0.1, 0.15) is 10.4 Å². The van der Waals surface area contributed by atoms with Crippen molar-refractivity contribution in [3.05, 3.63) is 23.8 Å². The van der Waals surface area contributed by atoms with Gasteiger partial charge < -0.3 is 25.4 Å². The summed E-state index contributed by atoms with van der Waals surface area (Å²) in [5.41, 5.74) is 6.63. The molecule has 1 fully saturated rings. The van der Waals surface area contributed by atoms with Crippen LogP contribution < -0.4 is 15.8 Å². The molecule has 3 N–H and O–H groups in total. The van der Waals surface area contributed by atoms with E-state index in [1.165, 1.54) is 7.11 Å². The molecule has 1 unspecified atom stereocenters. The summed E-state index contributed by atoms with van der Waals surface area (Å²) in [6.45, 7) is 2.88. The standard InChI is InChI=1S/C14H21N3O3/c1-17-6-7-20-10(9-17)8-16-14(18)13-11(15)4-3-5-12(13)19-2/h3-5,10H,6-9,15H2,1-2H3,(H,16,18). The molecule has 0 bridgehead atoms. The van der Waals surface area contributed by atoms with Crippen molar-refractivity contribution in [2.75, 3.05) is 46.1 Å². The second-order valence-corrected chi connectivity index (χ2v) is 4.89. The highest BCUT2D eigenvalue weighted by molar-refractivity contribution is 6.01. The van der Waals surface area contributed by atoms with Crippen molar-refractivity contribution >= 4 is 11.6 Å². The van der Waals surface area contributed by atoms with Crippen molar-refractivity contribution in [3.63, 3.8) is 0 Å². The molecule has 0 aromatic heterocycles. The number of nitrogens with two attached hydrogens (primary N) is 1. The lowest BCUT2D eigenvalue weighted by atomic mass is 10.1. The summed E-state index contributed by atoms with van der Waals surface area (Å²) >= 11 is 0. The molecule has 0 radical (unpaired) electrons. The van der Waals surface area contributed by atoms with Gasteiger partial charge in [-0.1, -0.05) is 6.07 Å². The molecule has 1 aromatic carbocycles. The first-order valence-corrected chi connectivity index (χ1v) is 6.62. The van der Waals surface area contributed by atoms with Gasteiger partial charge in [0.2, 0.25) is 0 Å². The Kier molecular flexibility index (Phi) is 4.81. The zero-order valence-electron chi connectivity index (χ0n) is 11.9. The number of anilines is 1. The van der Waals surface area contributed by atoms with Crippen LogP contribution in [0.15, 0.2) is 18.2 Å². The summed E-state index contributed by atoms with van der Waals surface area (Å²) in [7, 11) is 3.56. The summed E-state index contributed by atoms with van der Waals surface area (Å²) in [5, 5.41) is 2.85. The monoisotopic (exact) mass is 279 g/mol. The molecule has 1 amide bonds. The summed E-state index contributed by atoms with van der Waals surface area (Å²) in [6, 6.07) is 5.16. The summed E-state index contributed by atoms with van der Waals surface area (Å²) in [5.74, 6) is 0.237. The number of morpholine rings is 1. The van der Waals surface area contributed by atoms with Gasteiger partial charge >= 0.3 is 0 Å². The number of amides is 1. The van der Waals surface area contributed by atoms with Gasteiger partial charge in [-0.3, -0.25) is 4.79 Å². The molecule has 0 aliphatic carbocycles. The molecule has 1 aliphatic heterocycles. The zero-order chi connectivity index (χ0) is 14.5. The van der Waals surface area contributed by atoms with E-state index in [-0.39, 0.29) is 12.0 Å². The molecule has 1 aromatic rings. The first-order valence-electron chi connectivity index (χ1n) is 6.62. The maximum Gasteiger partial charge on any atom is 0.257 e. The molecule has 1 atom stereocenters. The summed E-state index contributed by atoms with van der Waals surface area (Å²) in [6.07, 6.45) is 0.00799. The predicted molar refractivity (Wildman–Crippen MR) is 77.0 cm³/mol. The summed E-state index contributed by atoms with van der Waals surface area (Å²) < 4.78 is 10.8. The van der Waals surface area contributed by atoms with Gasteiger partial charge in [0.15, 0.2) is 0 Å². The van der Waals surface area contributed by atoms with Crippen LogP contribution in [-0.4, -0.2) is 57.3 Å². The number of hydrogen-bond acceptors (Lipinski definition) is 5. The molecule has 6 nitrogen and oxygen atoms in total. The van der Waals surface area contributed by atoms with E-state index in [4.69, 9.17) is 15.2 Å². The normalized spacial score (nSPS) is 19.6. The Bertz CT molecular complexity index is 479. The maximum atomic E-state index is 12.2. The number of ether oxygens (including phenoxy) is 2. The average Bonchev–Trinajstić information content (AvgIpc) is 2.44. The van der Waals surface area contributed by atoms with Gasteiger partial charge in [-0.05, 0) is 19.2 Å². The number of methoxy groups -OCH3 is 1. The van der Waals surface area contributed by atoms with Crippen molar-refractivity contribution in [1.82, 2.24) is 10.2 Å². The third-order valence-electron chi connectivity index (χ3n) is 3.34. The number of likely N-dealkylation sites (N-methyl/N-ethyl adjacent to an activating group) is 1. The van der Waals surface area contributed by atoms with Gasteiger partial charge in [0.05, 0.1) is 19.8 Å². The molecular formula is C14H21N3O3. The fraction of sp³-hybridized carbons (Fsp3) is 0.500. The van der Waals surface area contributed by atoms with Gasteiger partial charge in [-0.25, -0.2) is 0 Å². The van der Waals surface area contributed by atoms with Crippen LogP contribution in [0, 0.1) is 0 Å². The maximum absolute atomic E-state index is 12.2. The highest BCUT2D eigenvalue weighted by Gasteiger charge is 2.20. The Hall–Kier alpha value is -1.79. The van der Waals surface area contributed by atoms with Crippen molar-refractivity contribution in [3.8, 4) is 5.75 Å². The number of hydrogen-bond donors (Lipinski definition) is 2. The Morgan fingerprint density at radius 1 is 1.60 bits per heavy atom. The van der Waals surface area contributed by atoms with E-state index in [0.29, 0.717) is 30.2 Å². The van der Waals surface area contributed by atoms with E-state index in [0.717, 1.165) is 13.1 Å². The van der Waals surface area contributed by atoms with Crippen LogP contribution in [-0.2, 0) is 4.74 Å². The molecular weight excluding hydrogens is 258 g/mol. The minimum Gasteiger partial charge on any atom is -0.496 e. The quantitative estimate of drug-likeness (QED) is 0.777. The Labute approximate surface area is 118 Å².